The summed E-state index contributed by atoms with van der Waals surface area (Å²) in [6, 6.07) is 7.21. The second-order valence-corrected chi connectivity index (χ2v) is 3.08. The lowest BCUT2D eigenvalue weighted by Crippen LogP contribution is -2.22. The number of carbonyl (C=O) groups is 1. The van der Waals surface area contributed by atoms with E-state index < -0.39 is 5.92 Å². The number of nitrogens with two attached hydrogens (primary N) is 1. The molecule has 0 aliphatic rings. The van der Waals surface area contributed by atoms with Gasteiger partial charge in [0.25, 0.3) is 0 Å². The maximum Gasteiger partial charge on any atom is 0.314 e. The molecule has 2 N–H and O–H groups in total. The molecular formula is C11H15NO3. The lowest BCUT2D eigenvalue weighted by molar-refractivity contribution is -0.142. The van der Waals surface area contributed by atoms with Gasteiger partial charge in [0.05, 0.1) is 20.1 Å². The summed E-state index contributed by atoms with van der Waals surface area (Å²) < 4.78 is 9.69. The van der Waals surface area contributed by atoms with Gasteiger partial charge in [0.1, 0.15) is 5.75 Å². The van der Waals surface area contributed by atoms with Crippen LogP contribution in [0.25, 0.3) is 0 Å². The maximum atomic E-state index is 11.4. The largest absolute Gasteiger partial charge is 0.497 e. The van der Waals surface area contributed by atoms with Gasteiger partial charge >= 0.3 is 5.97 Å². The summed E-state index contributed by atoms with van der Waals surface area (Å²) in [7, 11) is 2.95. The summed E-state index contributed by atoms with van der Waals surface area (Å²) in [4.78, 5) is 11.4. The number of methoxy groups -OCH3 is 2. The van der Waals surface area contributed by atoms with Crippen LogP contribution in [0, 0.1) is 0 Å². The summed E-state index contributed by atoms with van der Waals surface area (Å²) in [5, 5.41) is 0. The lowest BCUT2D eigenvalue weighted by atomic mass is 9.99. The fourth-order valence-corrected chi connectivity index (χ4v) is 1.35. The van der Waals surface area contributed by atoms with Crippen molar-refractivity contribution in [3.05, 3.63) is 29.8 Å². The highest BCUT2D eigenvalue weighted by molar-refractivity contribution is 5.78. The molecule has 1 rings (SSSR count). The van der Waals surface area contributed by atoms with Gasteiger partial charge in [-0.2, -0.15) is 0 Å². The zero-order chi connectivity index (χ0) is 11.3. The minimum atomic E-state index is -0.402. The van der Waals surface area contributed by atoms with E-state index in [4.69, 9.17) is 10.5 Å². The minimum Gasteiger partial charge on any atom is -0.497 e. The van der Waals surface area contributed by atoms with Crippen molar-refractivity contribution >= 4 is 5.97 Å². The Kier molecular flexibility index (Phi) is 4.12. The van der Waals surface area contributed by atoms with Crippen molar-refractivity contribution in [1.29, 1.82) is 0 Å². The Morgan fingerprint density at radius 3 is 2.33 bits per heavy atom. The van der Waals surface area contributed by atoms with Crippen LogP contribution in [0.1, 0.15) is 11.5 Å². The van der Waals surface area contributed by atoms with Crippen LogP contribution in [0.4, 0.5) is 0 Å². The van der Waals surface area contributed by atoms with Gasteiger partial charge in [0.15, 0.2) is 0 Å². The third-order valence-corrected chi connectivity index (χ3v) is 2.24. The first kappa shape index (κ1) is 11.5. The average Bonchev–Trinajstić information content (AvgIpc) is 2.30. The lowest BCUT2D eigenvalue weighted by Gasteiger charge is -2.12. The van der Waals surface area contributed by atoms with Gasteiger partial charge in [0, 0.05) is 6.54 Å². The Morgan fingerprint density at radius 1 is 1.33 bits per heavy atom. The van der Waals surface area contributed by atoms with Crippen LogP contribution in [0.5, 0.6) is 5.75 Å². The topological polar surface area (TPSA) is 61.5 Å². The van der Waals surface area contributed by atoms with E-state index in [9.17, 15) is 4.79 Å². The van der Waals surface area contributed by atoms with Gasteiger partial charge in [-0.1, -0.05) is 12.1 Å². The molecule has 82 valence electrons. The normalized spacial score (nSPS) is 11.9. The standard InChI is InChI=1S/C11H15NO3/c1-14-9-5-3-8(4-6-9)10(7-12)11(13)15-2/h3-6,10H,7,12H2,1-2H3/t10-/m1/s1. The van der Waals surface area contributed by atoms with Crippen LogP contribution in [0.3, 0.4) is 0 Å². The number of benzene rings is 1. The number of ether oxygens (including phenoxy) is 2. The number of hydrogen-bond acceptors (Lipinski definition) is 4. The van der Waals surface area contributed by atoms with Crippen LogP contribution in [-0.4, -0.2) is 26.7 Å². The first-order valence-electron chi connectivity index (χ1n) is 4.64. The van der Waals surface area contributed by atoms with Crippen LogP contribution >= 0.6 is 0 Å². The fourth-order valence-electron chi connectivity index (χ4n) is 1.35. The molecule has 0 aliphatic heterocycles. The molecule has 1 aromatic carbocycles. The molecule has 1 atom stereocenters. The Balaban J connectivity index is 2.87. The summed E-state index contributed by atoms with van der Waals surface area (Å²) in [6.45, 7) is 0.235. The van der Waals surface area contributed by atoms with Crippen molar-refractivity contribution in [2.45, 2.75) is 5.92 Å². The van der Waals surface area contributed by atoms with E-state index in [1.807, 2.05) is 12.1 Å². The number of hydrogen-bond donors (Lipinski definition) is 1. The van der Waals surface area contributed by atoms with Gasteiger partial charge in [0.2, 0.25) is 0 Å². The third kappa shape index (κ3) is 2.70. The number of carbonyl (C=O) groups excluding carboxylic acids is 1. The van der Waals surface area contributed by atoms with Crippen LogP contribution < -0.4 is 10.5 Å². The van der Waals surface area contributed by atoms with Crippen LogP contribution in [-0.2, 0) is 9.53 Å². The summed E-state index contributed by atoms with van der Waals surface area (Å²) in [5.74, 6) is 0.0305. The van der Waals surface area contributed by atoms with Crippen molar-refractivity contribution in [3.8, 4) is 5.75 Å². The SMILES string of the molecule is COC(=O)[C@H](CN)c1ccc(OC)cc1. The van der Waals surface area contributed by atoms with Crippen molar-refractivity contribution in [2.75, 3.05) is 20.8 Å². The molecule has 0 unspecified atom stereocenters. The fraction of sp³-hybridized carbons (Fsp3) is 0.364. The van der Waals surface area contributed by atoms with E-state index >= 15 is 0 Å². The minimum absolute atomic E-state index is 0.235. The zero-order valence-electron chi connectivity index (χ0n) is 8.90. The quantitative estimate of drug-likeness (QED) is 0.749. The second kappa shape index (κ2) is 5.36. The highest BCUT2D eigenvalue weighted by atomic mass is 16.5. The molecular weight excluding hydrogens is 194 g/mol. The molecule has 0 saturated heterocycles. The van der Waals surface area contributed by atoms with E-state index in [0.29, 0.717) is 0 Å². The van der Waals surface area contributed by atoms with Gasteiger partial charge in [-0.05, 0) is 17.7 Å². The molecule has 15 heavy (non-hydrogen) atoms. The van der Waals surface area contributed by atoms with E-state index in [0.717, 1.165) is 11.3 Å². The van der Waals surface area contributed by atoms with Gasteiger partial charge in [-0.15, -0.1) is 0 Å². The first-order valence-corrected chi connectivity index (χ1v) is 4.64. The molecule has 0 fully saturated rings. The monoisotopic (exact) mass is 209 g/mol. The highest BCUT2D eigenvalue weighted by Crippen LogP contribution is 2.19. The van der Waals surface area contributed by atoms with E-state index in [1.165, 1.54) is 7.11 Å². The molecule has 0 heterocycles. The summed E-state index contributed by atoms with van der Waals surface area (Å²) in [6.07, 6.45) is 0. The second-order valence-electron chi connectivity index (χ2n) is 3.08. The molecule has 4 heteroatoms. The summed E-state index contributed by atoms with van der Waals surface area (Å²) in [5.41, 5.74) is 6.36. The molecule has 0 aliphatic carbocycles. The van der Waals surface area contributed by atoms with Crippen molar-refractivity contribution < 1.29 is 14.3 Å². The number of esters is 1. The molecule has 1 aromatic rings. The molecule has 0 aromatic heterocycles. The number of rotatable bonds is 4. The van der Waals surface area contributed by atoms with Gasteiger partial charge in [-0.25, -0.2) is 0 Å². The molecule has 0 saturated carbocycles. The average molecular weight is 209 g/mol. The predicted octanol–water partition coefficient (Wildman–Crippen LogP) is 0.910. The highest BCUT2D eigenvalue weighted by Gasteiger charge is 2.19. The molecule has 0 amide bonds. The van der Waals surface area contributed by atoms with Crippen molar-refractivity contribution in [3.63, 3.8) is 0 Å². The Labute approximate surface area is 89.0 Å². The Morgan fingerprint density at radius 2 is 1.93 bits per heavy atom. The molecule has 4 nitrogen and oxygen atoms in total. The van der Waals surface area contributed by atoms with Crippen LogP contribution in [0.15, 0.2) is 24.3 Å². The van der Waals surface area contributed by atoms with E-state index in [1.54, 1.807) is 19.2 Å². The summed E-state index contributed by atoms with van der Waals surface area (Å²) >= 11 is 0. The maximum absolute atomic E-state index is 11.4. The van der Waals surface area contributed by atoms with Gasteiger partial charge in [-0.3, -0.25) is 4.79 Å². The zero-order valence-corrected chi connectivity index (χ0v) is 8.90. The van der Waals surface area contributed by atoms with Gasteiger partial charge < -0.3 is 15.2 Å². The Hall–Kier alpha value is -1.55. The molecule has 0 bridgehead atoms. The molecule has 0 radical (unpaired) electrons. The van der Waals surface area contributed by atoms with Crippen molar-refractivity contribution in [1.82, 2.24) is 0 Å². The van der Waals surface area contributed by atoms with E-state index in [-0.39, 0.29) is 12.5 Å². The van der Waals surface area contributed by atoms with Crippen LogP contribution in [0.2, 0.25) is 0 Å². The van der Waals surface area contributed by atoms with Crippen molar-refractivity contribution in [2.24, 2.45) is 5.73 Å². The first-order chi connectivity index (χ1) is 7.22. The molecule has 0 spiro atoms. The smallest absolute Gasteiger partial charge is 0.314 e. The van der Waals surface area contributed by atoms with E-state index in [2.05, 4.69) is 4.74 Å². The Bertz CT molecular complexity index is 321. The predicted molar refractivity (Wildman–Crippen MR) is 56.8 cm³/mol. The third-order valence-electron chi connectivity index (χ3n) is 2.24.